The Bertz CT molecular complexity index is 1070. The number of hydrogen-bond donors (Lipinski definition) is 2. The van der Waals surface area contributed by atoms with Crippen molar-refractivity contribution in [2.45, 2.75) is 65.2 Å². The number of allylic oxidation sites excluding steroid dienone is 4. The third kappa shape index (κ3) is 7.75. The van der Waals surface area contributed by atoms with Crippen molar-refractivity contribution in [1.82, 2.24) is 5.32 Å². The van der Waals surface area contributed by atoms with Gasteiger partial charge >= 0.3 is 6.03 Å². The number of amides is 2. The number of hydrogen-bond acceptors (Lipinski definition) is 3. The maximum atomic E-state index is 12.5. The molecule has 5 heteroatoms. The van der Waals surface area contributed by atoms with Crippen LogP contribution in [0.5, 0.6) is 5.75 Å². The van der Waals surface area contributed by atoms with Crippen molar-refractivity contribution in [3.8, 4) is 22.9 Å². The first-order valence-electron chi connectivity index (χ1n) is 12.7. The maximum Gasteiger partial charge on any atom is 0.323 e. The number of carbonyl (C=O) groups is 1. The van der Waals surface area contributed by atoms with Gasteiger partial charge in [0.15, 0.2) is 0 Å². The molecule has 0 aliphatic heterocycles. The van der Waals surface area contributed by atoms with Crippen LogP contribution in [0.25, 0.3) is 11.1 Å². The van der Waals surface area contributed by atoms with Gasteiger partial charge in [-0.3, -0.25) is 0 Å². The second-order valence-electron chi connectivity index (χ2n) is 9.22. The van der Waals surface area contributed by atoms with Crippen molar-refractivity contribution < 1.29 is 9.53 Å². The van der Waals surface area contributed by atoms with Gasteiger partial charge in [0.1, 0.15) is 5.75 Å². The van der Waals surface area contributed by atoms with Gasteiger partial charge in [0.05, 0.1) is 18.4 Å². The lowest BCUT2D eigenvalue weighted by Crippen LogP contribution is -2.27. The van der Waals surface area contributed by atoms with Crippen LogP contribution in [-0.2, 0) is 0 Å². The third-order valence-corrected chi connectivity index (χ3v) is 6.48. The Kier molecular flexibility index (Phi) is 9.98. The molecule has 2 N–H and O–H groups in total. The smallest absolute Gasteiger partial charge is 0.323 e. The van der Waals surface area contributed by atoms with Crippen molar-refractivity contribution in [2.24, 2.45) is 5.92 Å². The molecule has 1 aliphatic rings. The SMILES string of the molecule is CC=CC=C(C)NC(=O)Nc1ccc(-c2ccc(C3CCC(CC#N)CC3)cc2)cc1OCCC. The Morgan fingerprint density at radius 3 is 2.49 bits per heavy atom. The predicted octanol–water partition coefficient (Wildman–Crippen LogP) is 7.93. The van der Waals surface area contributed by atoms with Crippen LogP contribution in [0, 0.1) is 17.2 Å². The zero-order valence-corrected chi connectivity index (χ0v) is 21.1. The Morgan fingerprint density at radius 1 is 1.11 bits per heavy atom. The molecular formula is C30H37N3O2. The Balaban J connectivity index is 1.71. The van der Waals surface area contributed by atoms with E-state index in [4.69, 9.17) is 10.00 Å². The van der Waals surface area contributed by atoms with Crippen LogP contribution in [0.1, 0.15) is 70.8 Å². The summed E-state index contributed by atoms with van der Waals surface area (Å²) in [5.74, 6) is 1.81. The fourth-order valence-electron chi connectivity index (χ4n) is 4.53. The summed E-state index contributed by atoms with van der Waals surface area (Å²) in [5, 5.41) is 14.7. The molecule has 0 bridgehead atoms. The fraction of sp³-hybridized carbons (Fsp3) is 0.400. The van der Waals surface area contributed by atoms with Crippen LogP contribution < -0.4 is 15.4 Å². The van der Waals surface area contributed by atoms with Crippen molar-refractivity contribution in [1.29, 1.82) is 5.26 Å². The van der Waals surface area contributed by atoms with Gasteiger partial charge < -0.3 is 15.4 Å². The molecule has 5 nitrogen and oxygen atoms in total. The number of urea groups is 1. The normalized spacial score (nSPS) is 18.2. The number of nitrogens with one attached hydrogen (secondary N) is 2. The van der Waals surface area contributed by atoms with E-state index in [0.717, 1.165) is 48.9 Å². The summed E-state index contributed by atoms with van der Waals surface area (Å²) in [6, 6.07) is 16.7. The number of nitriles is 1. The highest BCUT2D eigenvalue weighted by molar-refractivity contribution is 5.92. The van der Waals surface area contributed by atoms with Gasteiger partial charge in [0.2, 0.25) is 0 Å². The number of carbonyl (C=O) groups excluding carboxylic acids is 1. The van der Waals surface area contributed by atoms with Gasteiger partial charge in [-0.25, -0.2) is 4.79 Å². The van der Waals surface area contributed by atoms with Crippen LogP contribution in [0.2, 0.25) is 0 Å². The molecule has 0 aromatic heterocycles. The number of nitrogens with zero attached hydrogens (tertiary/aromatic N) is 1. The lowest BCUT2D eigenvalue weighted by atomic mass is 9.77. The van der Waals surface area contributed by atoms with Crippen LogP contribution in [0.4, 0.5) is 10.5 Å². The second-order valence-corrected chi connectivity index (χ2v) is 9.22. The van der Waals surface area contributed by atoms with Crippen molar-refractivity contribution in [2.75, 3.05) is 11.9 Å². The van der Waals surface area contributed by atoms with Gasteiger partial charge in [-0.05, 0) is 92.7 Å². The van der Waals surface area contributed by atoms with Gasteiger partial charge in [0.25, 0.3) is 0 Å². The molecule has 1 saturated carbocycles. The molecule has 1 fully saturated rings. The highest BCUT2D eigenvalue weighted by Gasteiger charge is 2.22. The van der Waals surface area contributed by atoms with E-state index in [-0.39, 0.29) is 6.03 Å². The van der Waals surface area contributed by atoms with E-state index in [1.54, 1.807) is 0 Å². The summed E-state index contributed by atoms with van der Waals surface area (Å²) in [6.07, 6.45) is 11.8. The quantitative estimate of drug-likeness (QED) is 0.365. The monoisotopic (exact) mass is 471 g/mol. The van der Waals surface area contributed by atoms with Crippen molar-refractivity contribution in [3.05, 3.63) is 72.0 Å². The molecule has 2 aromatic carbocycles. The topological polar surface area (TPSA) is 74.2 Å². The minimum atomic E-state index is -0.300. The van der Waals surface area contributed by atoms with Crippen LogP contribution >= 0.6 is 0 Å². The van der Waals surface area contributed by atoms with E-state index in [0.29, 0.717) is 36.3 Å². The van der Waals surface area contributed by atoms with E-state index >= 15 is 0 Å². The first-order valence-corrected chi connectivity index (χ1v) is 12.7. The lowest BCUT2D eigenvalue weighted by Gasteiger charge is -2.27. The predicted molar refractivity (Wildman–Crippen MR) is 143 cm³/mol. The van der Waals surface area contributed by atoms with E-state index < -0.39 is 0 Å². The lowest BCUT2D eigenvalue weighted by molar-refractivity contribution is 0.254. The summed E-state index contributed by atoms with van der Waals surface area (Å²) in [5.41, 5.74) is 4.95. The average Bonchev–Trinajstić information content (AvgIpc) is 2.87. The average molecular weight is 472 g/mol. The summed E-state index contributed by atoms with van der Waals surface area (Å²) in [6.45, 7) is 6.41. The molecule has 1 aliphatic carbocycles. The van der Waals surface area contributed by atoms with E-state index in [2.05, 4.69) is 47.9 Å². The molecule has 0 saturated heterocycles. The van der Waals surface area contributed by atoms with E-state index in [1.165, 1.54) is 5.56 Å². The van der Waals surface area contributed by atoms with Gasteiger partial charge in [-0.15, -0.1) is 0 Å². The molecule has 0 atom stereocenters. The fourth-order valence-corrected chi connectivity index (χ4v) is 4.53. The molecule has 2 amide bonds. The number of ether oxygens (including phenoxy) is 1. The van der Waals surface area contributed by atoms with E-state index in [9.17, 15) is 4.79 Å². The zero-order chi connectivity index (χ0) is 25.0. The molecule has 2 aromatic rings. The molecule has 184 valence electrons. The Hall–Kier alpha value is -3.52. The first-order chi connectivity index (χ1) is 17.0. The minimum Gasteiger partial charge on any atom is -0.491 e. The minimum absolute atomic E-state index is 0.300. The molecular weight excluding hydrogens is 434 g/mol. The highest BCUT2D eigenvalue weighted by atomic mass is 16.5. The van der Waals surface area contributed by atoms with Crippen LogP contribution in [0.15, 0.2) is 66.4 Å². The van der Waals surface area contributed by atoms with Crippen LogP contribution in [0.3, 0.4) is 0 Å². The molecule has 0 heterocycles. The number of benzene rings is 2. The van der Waals surface area contributed by atoms with E-state index in [1.807, 2.05) is 50.3 Å². The van der Waals surface area contributed by atoms with Gasteiger partial charge in [-0.2, -0.15) is 5.26 Å². The van der Waals surface area contributed by atoms with Gasteiger partial charge in [0, 0.05) is 12.1 Å². The maximum absolute atomic E-state index is 12.5. The van der Waals surface area contributed by atoms with Crippen molar-refractivity contribution >= 4 is 11.7 Å². The summed E-state index contributed by atoms with van der Waals surface area (Å²) in [7, 11) is 0. The summed E-state index contributed by atoms with van der Waals surface area (Å²) in [4.78, 5) is 12.5. The standard InChI is InChI=1S/C30H37N3O2/c1-4-6-7-22(3)32-30(34)33-28-17-16-27(21-29(28)35-20-5-2)26-14-12-25(13-15-26)24-10-8-23(9-11-24)18-19-31/h4,6-7,12-17,21,23-24H,5,8-11,18,20H2,1-3H3,(H2,32,33,34). The number of anilines is 1. The molecule has 35 heavy (non-hydrogen) atoms. The molecule has 3 rings (SSSR count). The Labute approximate surface area is 209 Å². The van der Waals surface area contributed by atoms with Crippen molar-refractivity contribution in [3.63, 3.8) is 0 Å². The largest absolute Gasteiger partial charge is 0.491 e. The molecule has 0 unspecified atom stereocenters. The van der Waals surface area contributed by atoms with Gasteiger partial charge in [-0.1, -0.05) is 49.4 Å². The Morgan fingerprint density at radius 2 is 1.83 bits per heavy atom. The first kappa shape index (κ1) is 26.1. The third-order valence-electron chi connectivity index (χ3n) is 6.48. The second kappa shape index (κ2) is 13.4. The molecule has 0 radical (unpaired) electrons. The van der Waals surface area contributed by atoms with Crippen LogP contribution in [-0.4, -0.2) is 12.6 Å². The molecule has 0 spiro atoms. The summed E-state index contributed by atoms with van der Waals surface area (Å²) >= 11 is 0. The number of rotatable bonds is 9. The highest BCUT2D eigenvalue weighted by Crippen LogP contribution is 2.38. The zero-order valence-electron chi connectivity index (χ0n) is 21.1. The summed E-state index contributed by atoms with van der Waals surface area (Å²) < 4.78 is 5.98.